The van der Waals surface area contributed by atoms with Crippen LogP contribution in [0.4, 0.5) is 5.95 Å². The maximum absolute atomic E-state index is 13.8. The summed E-state index contributed by atoms with van der Waals surface area (Å²) >= 11 is 3.43. The van der Waals surface area contributed by atoms with Crippen molar-refractivity contribution in [1.29, 1.82) is 0 Å². The van der Waals surface area contributed by atoms with E-state index in [1.807, 2.05) is 55.5 Å². The molecule has 1 unspecified atom stereocenters. The Bertz CT molecular complexity index is 1720. The van der Waals surface area contributed by atoms with E-state index < -0.39 is 13.2 Å². The third-order valence-corrected chi connectivity index (χ3v) is 7.99. The number of nitrogens with two attached hydrogens (primary N) is 1. The Labute approximate surface area is 243 Å². The summed E-state index contributed by atoms with van der Waals surface area (Å²) in [5.41, 5.74) is 8.33. The second kappa shape index (κ2) is 12.4. The summed E-state index contributed by atoms with van der Waals surface area (Å²) in [6, 6.07) is 15.1. The molecule has 0 radical (unpaired) electrons. The van der Waals surface area contributed by atoms with Crippen molar-refractivity contribution in [3.8, 4) is 0 Å². The Hall–Kier alpha value is -3.74. The Kier molecular flexibility index (Phi) is 8.71. The van der Waals surface area contributed by atoms with E-state index in [1.165, 1.54) is 6.33 Å². The van der Waals surface area contributed by atoms with E-state index in [2.05, 4.69) is 37.5 Å². The summed E-state index contributed by atoms with van der Waals surface area (Å²) in [7, 11) is -3.82. The average molecular weight is 644 g/mol. The first kappa shape index (κ1) is 28.8. The van der Waals surface area contributed by atoms with Crippen molar-refractivity contribution in [3.05, 3.63) is 105 Å². The molecule has 0 bridgehead atoms. The molecule has 0 spiro atoms. The fourth-order valence-corrected chi connectivity index (χ4v) is 5.62. The van der Waals surface area contributed by atoms with Crippen LogP contribution in [-0.4, -0.2) is 39.1 Å². The van der Waals surface area contributed by atoms with Gasteiger partial charge in [0.05, 0.1) is 19.5 Å². The van der Waals surface area contributed by atoms with Crippen LogP contribution in [0.1, 0.15) is 16.7 Å². The number of nitrogens with one attached hydrogen (secondary N) is 1. The van der Waals surface area contributed by atoms with Crippen molar-refractivity contribution < 1.29 is 27.8 Å². The molecule has 1 aliphatic rings. The van der Waals surface area contributed by atoms with Crippen molar-refractivity contribution in [1.82, 2.24) is 19.5 Å². The number of hydrogen-bond donors (Lipinski definition) is 2. The molecule has 1 atom stereocenters. The molecule has 0 saturated carbocycles. The van der Waals surface area contributed by atoms with Gasteiger partial charge >= 0.3 is 7.60 Å². The van der Waals surface area contributed by atoms with E-state index in [9.17, 15) is 9.36 Å². The smallest absolute Gasteiger partial charge is 0.356 e. The highest BCUT2D eigenvalue weighted by molar-refractivity contribution is 9.10. The number of hydrogen-bond acceptors (Lipinski definition) is 10. The highest BCUT2D eigenvalue weighted by Gasteiger charge is 2.30. The maximum Gasteiger partial charge on any atom is 0.356 e. The van der Waals surface area contributed by atoms with E-state index >= 15 is 0 Å². The second-order valence-electron chi connectivity index (χ2n) is 9.08. The Morgan fingerprint density at radius 3 is 2.71 bits per heavy atom. The fraction of sp³-hybridized carbons (Fsp3) is 0.222. The Morgan fingerprint density at radius 2 is 1.93 bits per heavy atom. The highest BCUT2D eigenvalue weighted by Crippen LogP contribution is 2.50. The second-order valence-corrected chi connectivity index (χ2v) is 12.0. The van der Waals surface area contributed by atoms with Crippen LogP contribution in [0.25, 0.3) is 16.9 Å². The number of benzene rings is 2. The van der Waals surface area contributed by atoms with Crippen molar-refractivity contribution in [2.24, 2.45) is 0 Å². The minimum atomic E-state index is -3.82. The number of aromatic nitrogens is 4. The van der Waals surface area contributed by atoms with Gasteiger partial charge in [0.1, 0.15) is 13.0 Å². The number of H-pyrrole nitrogens is 1. The van der Waals surface area contributed by atoms with Gasteiger partial charge in [-0.1, -0.05) is 57.9 Å². The van der Waals surface area contributed by atoms with Crippen molar-refractivity contribution in [3.63, 3.8) is 0 Å². The highest BCUT2D eigenvalue weighted by atomic mass is 79.9. The van der Waals surface area contributed by atoms with E-state index in [1.54, 1.807) is 4.57 Å². The first-order chi connectivity index (χ1) is 19.7. The minimum absolute atomic E-state index is 0.0200. The lowest BCUT2D eigenvalue weighted by Crippen LogP contribution is -2.13. The van der Waals surface area contributed by atoms with E-state index in [-0.39, 0.29) is 50.1 Å². The third-order valence-electron chi connectivity index (χ3n) is 5.95. The number of aryl methyl sites for hydroxylation is 1. The molecule has 0 aliphatic carbocycles. The van der Waals surface area contributed by atoms with Gasteiger partial charge in [0.2, 0.25) is 5.95 Å². The van der Waals surface area contributed by atoms with Gasteiger partial charge in [-0.05, 0) is 31.2 Å². The molecule has 214 valence electrons. The first-order valence-corrected chi connectivity index (χ1v) is 15.0. The van der Waals surface area contributed by atoms with Crippen LogP contribution >= 0.6 is 23.5 Å². The largest absolute Gasteiger partial charge is 0.424 e. The lowest BCUT2D eigenvalue weighted by molar-refractivity contribution is 0.115. The van der Waals surface area contributed by atoms with Crippen molar-refractivity contribution in [2.45, 2.75) is 20.1 Å². The summed E-state index contributed by atoms with van der Waals surface area (Å²) in [5.74, 6) is 0.789. The van der Waals surface area contributed by atoms with Gasteiger partial charge in [-0.3, -0.25) is 18.9 Å². The van der Waals surface area contributed by atoms with Gasteiger partial charge in [-0.15, -0.1) is 0 Å². The van der Waals surface area contributed by atoms with Crippen LogP contribution in [0, 0.1) is 6.92 Å². The summed E-state index contributed by atoms with van der Waals surface area (Å²) < 4.78 is 45.0. The molecule has 41 heavy (non-hydrogen) atoms. The number of nitrogen functional groups attached to an aromatic ring is 1. The van der Waals surface area contributed by atoms with Crippen LogP contribution in [0.2, 0.25) is 0 Å². The number of aromatic amines is 1. The number of fused-ring (bicyclic) bond motifs is 1. The maximum atomic E-state index is 13.8. The Balaban J connectivity index is 1.28. The summed E-state index contributed by atoms with van der Waals surface area (Å²) in [6.45, 7) is 5.88. The lowest BCUT2D eigenvalue weighted by Gasteiger charge is -2.19. The quantitative estimate of drug-likeness (QED) is 0.158. The van der Waals surface area contributed by atoms with Crippen LogP contribution in [-0.2, 0) is 41.0 Å². The molecule has 5 rings (SSSR count). The molecule has 4 aromatic rings. The molecule has 3 heterocycles. The molecule has 0 fully saturated rings. The zero-order valence-corrected chi connectivity index (χ0v) is 24.5. The molecular formula is C27H27BrN5O7P. The van der Waals surface area contributed by atoms with Gasteiger partial charge in [0.25, 0.3) is 11.5 Å². The zero-order valence-electron chi connectivity index (χ0n) is 22.0. The summed E-state index contributed by atoms with van der Waals surface area (Å²) in [5, 5.41) is 0. The number of ether oxygens (including phenoxy) is 3. The molecule has 12 nitrogen and oxygen atoms in total. The average Bonchev–Trinajstić information content (AvgIpc) is 3.52. The number of nitrogens with zero attached hydrogens (tertiary/aromatic N) is 3. The Morgan fingerprint density at radius 1 is 1.15 bits per heavy atom. The van der Waals surface area contributed by atoms with Gasteiger partial charge in [-0.25, -0.2) is 4.98 Å². The number of rotatable bonds is 12. The minimum Gasteiger partial charge on any atom is -0.424 e. The summed E-state index contributed by atoms with van der Waals surface area (Å²) in [6.07, 6.45) is 1.11. The number of halogens is 1. The SMILES string of the molecule is C=C1OC(COP(=O)(COCCn2cnc3c(=O)[nH]c(N)nc32)OCc2cccc(Br)c2)=C(c2ccc(C)cc2)O1. The van der Waals surface area contributed by atoms with Crippen LogP contribution < -0.4 is 11.3 Å². The van der Waals surface area contributed by atoms with E-state index in [4.69, 9.17) is 29.0 Å². The molecule has 14 heteroatoms. The zero-order chi connectivity index (χ0) is 29.0. The van der Waals surface area contributed by atoms with Gasteiger partial charge in [-0.2, -0.15) is 4.98 Å². The standard InChI is InChI=1S/C27H27BrN5O7P/c1-17-6-8-20(9-7-17)24-22(39-18(2)40-24)14-38-41(35,37-13-19-4-3-5-21(28)12-19)16-36-11-10-33-15-30-23-25(33)31-27(29)32-26(23)34/h3-9,12,15H,2,10-11,13-14,16H2,1H3,(H3,29,31,32,34). The van der Waals surface area contributed by atoms with Gasteiger partial charge in [0.15, 0.2) is 22.7 Å². The third kappa shape index (κ3) is 7.13. The van der Waals surface area contributed by atoms with Gasteiger partial charge in [0, 0.05) is 16.6 Å². The summed E-state index contributed by atoms with van der Waals surface area (Å²) in [4.78, 5) is 22.6. The first-order valence-electron chi connectivity index (χ1n) is 12.4. The molecule has 2 aromatic carbocycles. The van der Waals surface area contributed by atoms with Crippen LogP contribution in [0.5, 0.6) is 0 Å². The topological polar surface area (TPSA) is 153 Å². The molecular weight excluding hydrogens is 617 g/mol. The number of imidazole rings is 1. The van der Waals surface area contributed by atoms with Gasteiger partial charge < -0.3 is 29.0 Å². The monoisotopic (exact) mass is 643 g/mol. The van der Waals surface area contributed by atoms with Crippen molar-refractivity contribution in [2.75, 3.05) is 25.3 Å². The molecule has 1 aliphatic heterocycles. The van der Waals surface area contributed by atoms with Crippen molar-refractivity contribution >= 4 is 46.4 Å². The fourth-order valence-electron chi connectivity index (χ4n) is 3.94. The number of anilines is 1. The van der Waals surface area contributed by atoms with E-state index in [0.717, 1.165) is 21.2 Å². The predicted molar refractivity (Wildman–Crippen MR) is 155 cm³/mol. The predicted octanol–water partition coefficient (Wildman–Crippen LogP) is 5.06. The molecule has 0 saturated heterocycles. The van der Waals surface area contributed by atoms with Crippen LogP contribution in [0.3, 0.4) is 0 Å². The molecule has 0 amide bonds. The molecule has 2 aromatic heterocycles. The van der Waals surface area contributed by atoms with Crippen LogP contribution in [0.15, 0.2) is 82.4 Å². The van der Waals surface area contributed by atoms with E-state index in [0.29, 0.717) is 17.2 Å². The normalized spacial score (nSPS) is 14.7. The lowest BCUT2D eigenvalue weighted by atomic mass is 10.1. The molecule has 3 N–H and O–H groups in total.